The average Bonchev–Trinajstić information content (AvgIpc) is 2.23. The van der Waals surface area contributed by atoms with E-state index in [1.54, 1.807) is 0 Å². The number of rotatable bonds is 8. The Morgan fingerprint density at radius 1 is 0.870 bits per heavy atom. The van der Waals surface area contributed by atoms with Gasteiger partial charge in [-0.15, -0.1) is 0 Å². The standard InChI is InChI=1S/C17H39O3SSi2/c1-12-18-23(19-13-2,14-15(3,4)5)20-17(9,16(6,7)8)21(10,11)22/h12-14H2,1-11H3. The molecule has 0 aromatic heterocycles. The van der Waals surface area contributed by atoms with E-state index < -0.39 is 18.3 Å². The molecule has 0 rings (SSSR count). The zero-order chi connectivity index (χ0) is 18.7. The van der Waals surface area contributed by atoms with E-state index in [1.165, 1.54) is 0 Å². The fourth-order valence-corrected chi connectivity index (χ4v) is 10.2. The third-order valence-electron chi connectivity index (χ3n) is 4.16. The summed E-state index contributed by atoms with van der Waals surface area (Å²) in [6, 6.07) is 0.815. The van der Waals surface area contributed by atoms with E-state index in [2.05, 4.69) is 70.4 Å². The van der Waals surface area contributed by atoms with Crippen molar-refractivity contribution in [3.05, 3.63) is 0 Å². The molecule has 0 heterocycles. The molecule has 1 unspecified atom stereocenters. The van der Waals surface area contributed by atoms with Crippen molar-refractivity contribution in [2.24, 2.45) is 10.8 Å². The molecular formula is C17H39O3SSi2. The van der Waals surface area contributed by atoms with E-state index >= 15 is 0 Å². The molecule has 0 spiro atoms. The molecule has 23 heavy (non-hydrogen) atoms. The van der Waals surface area contributed by atoms with Gasteiger partial charge in [0.25, 0.3) is 0 Å². The third kappa shape index (κ3) is 6.47. The van der Waals surface area contributed by atoms with E-state index in [1.807, 2.05) is 13.8 Å². The van der Waals surface area contributed by atoms with Gasteiger partial charge in [0.2, 0.25) is 0 Å². The Balaban J connectivity index is 5.97. The monoisotopic (exact) mass is 379 g/mol. The highest BCUT2D eigenvalue weighted by molar-refractivity contribution is 8.49. The van der Waals surface area contributed by atoms with Crippen LogP contribution in [0.25, 0.3) is 0 Å². The molecule has 0 aromatic rings. The van der Waals surface area contributed by atoms with Crippen LogP contribution in [0.15, 0.2) is 0 Å². The lowest BCUT2D eigenvalue weighted by Gasteiger charge is -2.57. The Labute approximate surface area is 151 Å². The van der Waals surface area contributed by atoms with Crippen molar-refractivity contribution in [3.8, 4) is 0 Å². The smallest absolute Gasteiger partial charge is 0.374 e. The van der Waals surface area contributed by atoms with Crippen LogP contribution in [-0.2, 0) is 13.3 Å². The molecule has 0 fully saturated rings. The second-order valence-electron chi connectivity index (χ2n) is 8.91. The Morgan fingerprint density at radius 3 is 1.48 bits per heavy atom. The topological polar surface area (TPSA) is 27.7 Å². The van der Waals surface area contributed by atoms with Gasteiger partial charge >= 0.3 is 8.80 Å². The van der Waals surface area contributed by atoms with Gasteiger partial charge in [0, 0.05) is 19.3 Å². The molecule has 0 bridgehead atoms. The minimum Gasteiger partial charge on any atom is -0.374 e. The van der Waals surface area contributed by atoms with Crippen LogP contribution in [0.3, 0.4) is 0 Å². The molecule has 3 radical (unpaired) electrons. The van der Waals surface area contributed by atoms with E-state index in [4.69, 9.17) is 13.3 Å². The highest BCUT2D eigenvalue weighted by Crippen LogP contribution is 2.59. The van der Waals surface area contributed by atoms with Crippen LogP contribution in [0.5, 0.6) is 0 Å². The van der Waals surface area contributed by atoms with E-state index in [9.17, 15) is 0 Å². The van der Waals surface area contributed by atoms with Crippen LogP contribution in [0.1, 0.15) is 62.3 Å². The van der Waals surface area contributed by atoms with Crippen LogP contribution >= 0.6 is 9.48 Å². The molecule has 0 aliphatic carbocycles. The van der Waals surface area contributed by atoms with Gasteiger partial charge in [-0.1, -0.05) is 41.5 Å². The van der Waals surface area contributed by atoms with Gasteiger partial charge in [-0.2, -0.15) is 0 Å². The summed E-state index contributed by atoms with van der Waals surface area (Å²) in [5.41, 5.74) is 0.0402. The van der Waals surface area contributed by atoms with Crippen LogP contribution in [0, 0.1) is 10.8 Å². The van der Waals surface area contributed by atoms with Gasteiger partial charge in [0.15, 0.2) is 0 Å². The number of hydrogen-bond acceptors (Lipinski definition) is 3. The molecular weight excluding hydrogens is 340 g/mol. The fraction of sp³-hybridized carbons (Fsp3) is 1.00. The van der Waals surface area contributed by atoms with Gasteiger partial charge in [0.1, 0.15) is 0 Å². The molecule has 0 amide bonds. The summed E-state index contributed by atoms with van der Waals surface area (Å²) in [6.07, 6.45) is 4.48. The summed E-state index contributed by atoms with van der Waals surface area (Å²) in [5, 5.41) is 0. The zero-order valence-corrected chi connectivity index (χ0v) is 20.1. The maximum atomic E-state index is 6.89. The normalized spacial score (nSPS) is 17.9. The van der Waals surface area contributed by atoms with E-state index in [-0.39, 0.29) is 15.8 Å². The first-order valence-electron chi connectivity index (χ1n) is 8.49. The Morgan fingerprint density at radius 2 is 1.26 bits per heavy atom. The lowest BCUT2D eigenvalue weighted by molar-refractivity contribution is -0.0282. The Bertz CT molecular complexity index is 348. The number of hydrogen-bond donors (Lipinski definition) is 0. The van der Waals surface area contributed by atoms with E-state index in [0.29, 0.717) is 13.2 Å². The maximum absolute atomic E-state index is 6.89. The second-order valence-corrected chi connectivity index (χ2v) is 17.9. The minimum absolute atomic E-state index is 0.0437. The highest BCUT2D eigenvalue weighted by Gasteiger charge is 2.55. The Kier molecular flexibility index (Phi) is 8.14. The van der Waals surface area contributed by atoms with Crippen LogP contribution in [-0.4, -0.2) is 48.9 Å². The predicted octanol–water partition coefficient (Wildman–Crippen LogP) is 4.97. The summed E-state index contributed by atoms with van der Waals surface area (Å²) in [6.45, 7) is 20.8. The molecule has 0 aliphatic heterocycles. The van der Waals surface area contributed by atoms with Gasteiger partial charge in [0.05, 0.1) is 14.3 Å². The molecule has 0 saturated heterocycles. The summed E-state index contributed by atoms with van der Waals surface area (Å²) in [4.78, 5) is -0.362. The second kappa shape index (κ2) is 7.91. The summed E-state index contributed by atoms with van der Waals surface area (Å²) >= 11 is 0. The van der Waals surface area contributed by atoms with Crippen molar-refractivity contribution >= 4 is 27.7 Å². The van der Waals surface area contributed by atoms with Crippen molar-refractivity contribution in [2.75, 3.05) is 25.7 Å². The average molecular weight is 380 g/mol. The van der Waals surface area contributed by atoms with Crippen molar-refractivity contribution in [1.82, 2.24) is 0 Å². The first-order valence-corrected chi connectivity index (χ1v) is 14.1. The van der Waals surface area contributed by atoms with Crippen LogP contribution in [0.4, 0.5) is 0 Å². The summed E-state index contributed by atoms with van der Waals surface area (Å²) in [7, 11) is 0.0150. The van der Waals surface area contributed by atoms with Crippen molar-refractivity contribution in [2.45, 2.75) is 73.3 Å². The highest BCUT2D eigenvalue weighted by atomic mass is 32.4. The molecule has 0 aromatic carbocycles. The molecule has 3 nitrogen and oxygen atoms in total. The molecule has 0 saturated carbocycles. The third-order valence-corrected chi connectivity index (χ3v) is 11.8. The molecule has 0 aliphatic rings. The fourth-order valence-electron chi connectivity index (χ4n) is 2.65. The lowest BCUT2D eigenvalue weighted by atomic mass is 9.90. The van der Waals surface area contributed by atoms with Crippen molar-refractivity contribution in [1.29, 1.82) is 0 Å². The summed E-state index contributed by atoms with van der Waals surface area (Å²) in [5.74, 6) is 0. The summed E-state index contributed by atoms with van der Waals surface area (Å²) < 4.78 is 19.3. The largest absolute Gasteiger partial charge is 0.502 e. The molecule has 0 N–H and O–H groups in total. The lowest BCUT2D eigenvalue weighted by Crippen LogP contribution is -2.59. The molecule has 6 heteroatoms. The maximum Gasteiger partial charge on any atom is 0.502 e. The quantitative estimate of drug-likeness (QED) is 0.557. The van der Waals surface area contributed by atoms with E-state index in [0.717, 1.165) is 6.04 Å². The predicted molar refractivity (Wildman–Crippen MR) is 107 cm³/mol. The van der Waals surface area contributed by atoms with Gasteiger partial charge in [-0.05, 0) is 44.1 Å². The van der Waals surface area contributed by atoms with Crippen LogP contribution in [0.2, 0.25) is 6.04 Å². The van der Waals surface area contributed by atoms with Crippen molar-refractivity contribution < 1.29 is 13.3 Å². The zero-order valence-electron chi connectivity index (χ0n) is 17.3. The van der Waals surface area contributed by atoms with Gasteiger partial charge in [-0.25, -0.2) is 9.48 Å². The van der Waals surface area contributed by atoms with Gasteiger partial charge < -0.3 is 13.3 Å². The van der Waals surface area contributed by atoms with Crippen LogP contribution < -0.4 is 0 Å². The SMILES string of the molecule is CCO[Si](CC(C)(C)C)(OCC)OC(C)(C(C)(C)C)S(C)(C)[Si]. The minimum atomic E-state index is -2.80. The van der Waals surface area contributed by atoms with Crippen molar-refractivity contribution in [3.63, 3.8) is 0 Å². The first-order chi connectivity index (χ1) is 10.0. The first kappa shape index (κ1) is 23.7. The Hall–Kier alpha value is 0.664. The van der Waals surface area contributed by atoms with Gasteiger partial charge in [-0.3, -0.25) is 0 Å². The molecule has 139 valence electrons. The molecule has 1 atom stereocenters.